The zero-order valence-electron chi connectivity index (χ0n) is 16.4. The van der Waals surface area contributed by atoms with Gasteiger partial charge in [-0.2, -0.15) is 0 Å². The van der Waals surface area contributed by atoms with Crippen LogP contribution in [-0.2, 0) is 10.2 Å². The van der Waals surface area contributed by atoms with E-state index in [0.29, 0.717) is 5.75 Å². The molecule has 0 saturated heterocycles. The van der Waals surface area contributed by atoms with Crippen LogP contribution in [0.15, 0.2) is 48.5 Å². The number of carbonyl (C=O) groups is 1. The Kier molecular flexibility index (Phi) is 7.73. The second kappa shape index (κ2) is 9.80. The molecule has 0 aliphatic heterocycles. The Balaban J connectivity index is 0.00000126. The van der Waals surface area contributed by atoms with Crippen LogP contribution >= 0.6 is 11.6 Å². The minimum Gasteiger partial charge on any atom is -0.479 e. The van der Waals surface area contributed by atoms with E-state index in [1.165, 1.54) is 37.3 Å². The van der Waals surface area contributed by atoms with Gasteiger partial charge in [0.2, 0.25) is 0 Å². The lowest BCUT2D eigenvalue weighted by Gasteiger charge is -2.38. The molecule has 1 aliphatic carbocycles. The smallest absolute Gasteiger partial charge is 0.344 e. The van der Waals surface area contributed by atoms with E-state index in [-0.39, 0.29) is 5.41 Å². The van der Waals surface area contributed by atoms with Crippen molar-refractivity contribution in [1.29, 1.82) is 0 Å². The summed E-state index contributed by atoms with van der Waals surface area (Å²) in [7, 11) is 0. The van der Waals surface area contributed by atoms with Crippen LogP contribution in [0.2, 0.25) is 5.02 Å². The maximum Gasteiger partial charge on any atom is 0.344 e. The van der Waals surface area contributed by atoms with Gasteiger partial charge in [0.25, 0.3) is 0 Å². The third-order valence-electron chi connectivity index (χ3n) is 5.17. The highest BCUT2D eigenvalue weighted by Crippen LogP contribution is 2.45. The quantitative estimate of drug-likeness (QED) is 0.638. The Bertz CT molecular complexity index is 716. The molecule has 146 valence electrons. The monoisotopic (exact) mass is 388 g/mol. The molecule has 0 amide bonds. The maximum absolute atomic E-state index is 10.9. The predicted octanol–water partition coefficient (Wildman–Crippen LogP) is 6.47. The van der Waals surface area contributed by atoms with Crippen molar-refractivity contribution in [3.63, 3.8) is 0 Å². The predicted molar refractivity (Wildman–Crippen MR) is 111 cm³/mol. The van der Waals surface area contributed by atoms with Crippen molar-refractivity contribution >= 4 is 17.6 Å². The molecule has 2 aromatic rings. The van der Waals surface area contributed by atoms with Crippen molar-refractivity contribution < 1.29 is 14.6 Å². The van der Waals surface area contributed by atoms with Crippen molar-refractivity contribution in [3.05, 3.63) is 64.7 Å². The Labute approximate surface area is 167 Å². The highest BCUT2D eigenvalue weighted by Gasteiger charge is 2.35. The average Bonchev–Trinajstić information content (AvgIpc) is 2.71. The van der Waals surface area contributed by atoms with E-state index in [1.807, 2.05) is 38.1 Å². The molecule has 1 atom stereocenters. The van der Waals surface area contributed by atoms with Crippen LogP contribution in [0.3, 0.4) is 0 Å². The number of benzene rings is 2. The SMILES string of the molecule is CC.CC(Oc1ccc(C2(c3ccc(Cl)cc3)CCCCC2)cc1)C(=O)O. The molecule has 2 aromatic carbocycles. The van der Waals surface area contributed by atoms with Crippen molar-refractivity contribution in [1.82, 2.24) is 0 Å². The number of rotatable bonds is 5. The number of carboxylic acid groups (broad SMARTS) is 1. The van der Waals surface area contributed by atoms with E-state index in [9.17, 15) is 4.79 Å². The lowest BCUT2D eigenvalue weighted by Crippen LogP contribution is -2.30. The summed E-state index contributed by atoms with van der Waals surface area (Å²) in [6.45, 7) is 5.53. The molecule has 27 heavy (non-hydrogen) atoms. The highest BCUT2D eigenvalue weighted by atomic mass is 35.5. The molecule has 0 heterocycles. The number of ether oxygens (including phenoxy) is 1. The minimum atomic E-state index is -0.964. The molecular weight excluding hydrogens is 360 g/mol. The summed E-state index contributed by atoms with van der Waals surface area (Å²) >= 11 is 6.07. The van der Waals surface area contributed by atoms with Crippen molar-refractivity contribution in [2.24, 2.45) is 0 Å². The van der Waals surface area contributed by atoms with E-state index < -0.39 is 12.1 Å². The standard InChI is InChI=1S/C21H23ClO3.C2H6/c1-15(20(23)24)25-19-11-7-17(8-12-19)21(13-3-2-4-14-21)16-5-9-18(22)10-6-16;1-2/h5-12,15H,2-4,13-14H2,1H3,(H,23,24);1-2H3. The van der Waals surface area contributed by atoms with Gasteiger partial charge in [-0.15, -0.1) is 0 Å². The molecule has 0 radical (unpaired) electrons. The van der Waals surface area contributed by atoms with Gasteiger partial charge in [-0.3, -0.25) is 0 Å². The van der Waals surface area contributed by atoms with Gasteiger partial charge < -0.3 is 9.84 Å². The van der Waals surface area contributed by atoms with E-state index in [1.54, 1.807) is 0 Å². The first-order valence-corrected chi connectivity index (χ1v) is 10.2. The second-order valence-corrected chi connectivity index (χ2v) is 7.21. The van der Waals surface area contributed by atoms with Gasteiger partial charge in [-0.1, -0.05) is 69.0 Å². The van der Waals surface area contributed by atoms with Crippen molar-refractivity contribution in [2.75, 3.05) is 0 Å². The minimum absolute atomic E-state index is 0.000215. The number of hydrogen-bond donors (Lipinski definition) is 1. The molecule has 1 aliphatic rings. The first kappa shape index (κ1) is 21.3. The van der Waals surface area contributed by atoms with Crippen molar-refractivity contribution in [3.8, 4) is 5.75 Å². The van der Waals surface area contributed by atoms with E-state index in [0.717, 1.165) is 17.9 Å². The molecule has 0 aromatic heterocycles. The fourth-order valence-electron chi connectivity index (χ4n) is 3.78. The Morgan fingerprint density at radius 2 is 1.44 bits per heavy atom. The van der Waals surface area contributed by atoms with Crippen LogP contribution in [-0.4, -0.2) is 17.2 Å². The van der Waals surface area contributed by atoms with Crippen LogP contribution in [0.4, 0.5) is 0 Å². The third kappa shape index (κ3) is 5.04. The summed E-state index contributed by atoms with van der Waals surface area (Å²) < 4.78 is 5.46. The van der Waals surface area contributed by atoms with Gasteiger partial charge in [0.1, 0.15) is 5.75 Å². The molecule has 0 spiro atoms. The molecule has 1 saturated carbocycles. The molecule has 1 fully saturated rings. The summed E-state index contributed by atoms with van der Waals surface area (Å²) in [6.07, 6.45) is 5.05. The Morgan fingerprint density at radius 3 is 1.93 bits per heavy atom. The second-order valence-electron chi connectivity index (χ2n) is 6.77. The summed E-state index contributed by atoms with van der Waals surface area (Å²) in [5.74, 6) is -0.380. The van der Waals surface area contributed by atoms with Gasteiger partial charge in [-0.05, 0) is 55.2 Å². The molecule has 3 rings (SSSR count). The van der Waals surface area contributed by atoms with Gasteiger partial charge in [-0.25, -0.2) is 4.79 Å². The number of hydrogen-bond acceptors (Lipinski definition) is 2. The summed E-state index contributed by atoms with van der Waals surface area (Å²) in [4.78, 5) is 10.9. The van der Waals surface area contributed by atoms with Crippen molar-refractivity contribution in [2.45, 2.75) is 64.4 Å². The van der Waals surface area contributed by atoms with E-state index in [2.05, 4.69) is 24.3 Å². The normalized spacial score (nSPS) is 16.6. The fraction of sp³-hybridized carbons (Fsp3) is 0.435. The zero-order valence-corrected chi connectivity index (χ0v) is 17.1. The van der Waals surface area contributed by atoms with Gasteiger partial charge >= 0.3 is 5.97 Å². The fourth-order valence-corrected chi connectivity index (χ4v) is 3.90. The molecule has 4 heteroatoms. The summed E-state index contributed by atoms with van der Waals surface area (Å²) in [5.41, 5.74) is 2.55. The maximum atomic E-state index is 10.9. The van der Waals surface area contributed by atoms with E-state index >= 15 is 0 Å². The number of carboxylic acids is 1. The first-order valence-electron chi connectivity index (χ1n) is 9.77. The number of aliphatic carboxylic acids is 1. The molecular formula is C23H29ClO3. The van der Waals surface area contributed by atoms with Gasteiger partial charge in [0.05, 0.1) is 0 Å². The Morgan fingerprint density at radius 1 is 0.963 bits per heavy atom. The van der Waals surface area contributed by atoms with Gasteiger partial charge in [0, 0.05) is 10.4 Å². The lowest BCUT2D eigenvalue weighted by atomic mass is 9.65. The molecule has 1 unspecified atom stereocenters. The highest BCUT2D eigenvalue weighted by molar-refractivity contribution is 6.30. The van der Waals surface area contributed by atoms with Crippen LogP contribution in [0.1, 0.15) is 64.0 Å². The molecule has 0 bridgehead atoms. The van der Waals surface area contributed by atoms with Crippen LogP contribution in [0.5, 0.6) is 5.75 Å². The topological polar surface area (TPSA) is 46.5 Å². The zero-order chi connectivity index (χ0) is 19.9. The van der Waals surface area contributed by atoms with Crippen LogP contribution in [0.25, 0.3) is 0 Å². The summed E-state index contributed by atoms with van der Waals surface area (Å²) in [6, 6.07) is 16.1. The summed E-state index contributed by atoms with van der Waals surface area (Å²) in [5, 5.41) is 9.73. The lowest BCUT2D eigenvalue weighted by molar-refractivity contribution is -0.144. The average molecular weight is 389 g/mol. The number of halogens is 1. The first-order chi connectivity index (χ1) is 13.0. The largest absolute Gasteiger partial charge is 0.479 e. The van der Waals surface area contributed by atoms with E-state index in [4.69, 9.17) is 21.4 Å². The molecule has 1 N–H and O–H groups in total. The third-order valence-corrected chi connectivity index (χ3v) is 5.42. The molecule has 3 nitrogen and oxygen atoms in total. The Hall–Kier alpha value is -2.00. The van der Waals surface area contributed by atoms with Gasteiger partial charge in [0.15, 0.2) is 6.10 Å². The van der Waals surface area contributed by atoms with Crippen LogP contribution in [0, 0.1) is 0 Å². The van der Waals surface area contributed by atoms with Crippen LogP contribution < -0.4 is 4.74 Å².